The summed E-state index contributed by atoms with van der Waals surface area (Å²) in [5, 5.41) is 0. The van der Waals surface area contributed by atoms with Crippen LogP contribution < -0.4 is 0 Å². The van der Waals surface area contributed by atoms with Crippen LogP contribution in [0, 0.1) is 0 Å². The zero-order chi connectivity index (χ0) is 16.8. The third kappa shape index (κ3) is 8.15. The van der Waals surface area contributed by atoms with E-state index in [1.165, 1.54) is 57.8 Å². The lowest BCUT2D eigenvalue weighted by Crippen LogP contribution is -2.51. The predicted octanol–water partition coefficient (Wildman–Crippen LogP) is 6.10. The normalized spacial score (nSPS) is 17.3. The summed E-state index contributed by atoms with van der Waals surface area (Å²) in [7, 11) is -2.54. The predicted molar refractivity (Wildman–Crippen MR) is 99.8 cm³/mol. The number of hydrogen-bond acceptors (Lipinski definition) is 3. The van der Waals surface area contributed by atoms with Crippen LogP contribution in [0.3, 0.4) is 0 Å². The van der Waals surface area contributed by atoms with Gasteiger partial charge in [0.2, 0.25) is 0 Å². The smallest absolute Gasteiger partial charge is 0.373 e. The van der Waals surface area contributed by atoms with Gasteiger partial charge in [0.15, 0.2) is 0 Å². The SMILES string of the molecule is CCCCO[Si](OCCCC)(OCCCC)C1CCCCCC1. The van der Waals surface area contributed by atoms with Crippen molar-refractivity contribution >= 4 is 8.80 Å². The number of hydrogen-bond donors (Lipinski definition) is 0. The Morgan fingerprint density at radius 2 is 1.04 bits per heavy atom. The quantitative estimate of drug-likeness (QED) is 0.229. The first kappa shape index (κ1) is 21.1. The van der Waals surface area contributed by atoms with Crippen LogP contribution in [0.4, 0.5) is 0 Å². The molecular formula is C19H40O3Si. The van der Waals surface area contributed by atoms with Crippen molar-refractivity contribution in [3.63, 3.8) is 0 Å². The Hall–Kier alpha value is 0.0969. The summed E-state index contributed by atoms with van der Waals surface area (Å²) in [4.78, 5) is 0. The molecule has 0 aromatic heterocycles. The molecule has 1 saturated carbocycles. The molecule has 0 atom stereocenters. The molecular weight excluding hydrogens is 304 g/mol. The molecule has 0 aromatic rings. The second-order valence-electron chi connectivity index (χ2n) is 6.90. The minimum Gasteiger partial charge on any atom is -0.373 e. The molecule has 1 aliphatic carbocycles. The van der Waals surface area contributed by atoms with Crippen LogP contribution in [0.1, 0.15) is 97.8 Å². The second-order valence-corrected chi connectivity index (χ2v) is 9.79. The van der Waals surface area contributed by atoms with E-state index in [-0.39, 0.29) is 0 Å². The van der Waals surface area contributed by atoms with Crippen molar-refractivity contribution in [3.05, 3.63) is 0 Å². The molecule has 1 aliphatic rings. The summed E-state index contributed by atoms with van der Waals surface area (Å²) in [6.45, 7) is 9.06. The van der Waals surface area contributed by atoms with E-state index in [1.54, 1.807) is 0 Å². The fourth-order valence-corrected chi connectivity index (χ4v) is 6.55. The zero-order valence-corrected chi connectivity index (χ0v) is 16.9. The maximum absolute atomic E-state index is 6.45. The van der Waals surface area contributed by atoms with Crippen molar-refractivity contribution in [2.24, 2.45) is 0 Å². The molecule has 0 heterocycles. The largest absolute Gasteiger partial charge is 0.504 e. The Kier molecular flexibility index (Phi) is 12.3. The monoisotopic (exact) mass is 344 g/mol. The van der Waals surface area contributed by atoms with Gasteiger partial charge in [0.05, 0.1) is 0 Å². The number of rotatable bonds is 13. The third-order valence-electron chi connectivity index (χ3n) is 4.76. The van der Waals surface area contributed by atoms with Crippen LogP contribution in [-0.4, -0.2) is 28.6 Å². The minimum atomic E-state index is -2.54. The fourth-order valence-electron chi connectivity index (χ4n) is 3.19. The Morgan fingerprint density at radius 1 is 0.652 bits per heavy atom. The molecule has 0 N–H and O–H groups in total. The average molecular weight is 345 g/mol. The van der Waals surface area contributed by atoms with Crippen molar-refractivity contribution in [2.45, 2.75) is 103 Å². The number of unbranched alkanes of at least 4 members (excludes halogenated alkanes) is 3. The third-order valence-corrected chi connectivity index (χ3v) is 8.16. The molecule has 0 amide bonds. The van der Waals surface area contributed by atoms with Gasteiger partial charge >= 0.3 is 8.80 Å². The van der Waals surface area contributed by atoms with Crippen LogP contribution in [-0.2, 0) is 13.3 Å². The summed E-state index contributed by atoms with van der Waals surface area (Å²) in [5.74, 6) is 0. The van der Waals surface area contributed by atoms with Gasteiger partial charge in [0, 0.05) is 25.4 Å². The first-order chi connectivity index (χ1) is 11.3. The molecule has 0 saturated heterocycles. The van der Waals surface area contributed by atoms with Crippen molar-refractivity contribution in [2.75, 3.05) is 19.8 Å². The summed E-state index contributed by atoms with van der Waals surface area (Å²) in [6.07, 6.45) is 14.6. The lowest BCUT2D eigenvalue weighted by atomic mass is 10.2. The Bertz CT molecular complexity index is 239. The van der Waals surface area contributed by atoms with Crippen molar-refractivity contribution in [1.29, 1.82) is 0 Å². The molecule has 0 aliphatic heterocycles. The first-order valence-corrected chi connectivity index (χ1v) is 12.0. The van der Waals surface area contributed by atoms with Gasteiger partial charge in [-0.25, -0.2) is 0 Å². The van der Waals surface area contributed by atoms with E-state index in [0.717, 1.165) is 39.1 Å². The van der Waals surface area contributed by atoms with E-state index in [2.05, 4.69) is 20.8 Å². The van der Waals surface area contributed by atoms with Gasteiger partial charge in [-0.05, 0) is 32.1 Å². The molecule has 0 aromatic carbocycles. The maximum Gasteiger partial charge on any atom is 0.504 e. The van der Waals surface area contributed by atoms with Crippen LogP contribution in [0.15, 0.2) is 0 Å². The highest BCUT2D eigenvalue weighted by Gasteiger charge is 2.49. The lowest BCUT2D eigenvalue weighted by molar-refractivity contribution is 0.0447. The molecule has 23 heavy (non-hydrogen) atoms. The molecule has 0 spiro atoms. The van der Waals surface area contributed by atoms with Gasteiger partial charge in [-0.15, -0.1) is 0 Å². The highest BCUT2D eigenvalue weighted by molar-refractivity contribution is 6.62. The summed E-state index contributed by atoms with van der Waals surface area (Å²) in [5.41, 5.74) is 0.524. The van der Waals surface area contributed by atoms with Gasteiger partial charge in [-0.2, -0.15) is 0 Å². The highest BCUT2D eigenvalue weighted by atomic mass is 28.4. The van der Waals surface area contributed by atoms with E-state index >= 15 is 0 Å². The van der Waals surface area contributed by atoms with E-state index in [9.17, 15) is 0 Å². The highest BCUT2D eigenvalue weighted by Crippen LogP contribution is 2.38. The first-order valence-electron chi connectivity index (χ1n) is 10.2. The van der Waals surface area contributed by atoms with E-state index in [0.29, 0.717) is 5.54 Å². The van der Waals surface area contributed by atoms with Gasteiger partial charge in [-0.1, -0.05) is 65.7 Å². The van der Waals surface area contributed by atoms with Crippen LogP contribution >= 0.6 is 0 Å². The molecule has 0 unspecified atom stereocenters. The van der Waals surface area contributed by atoms with Crippen molar-refractivity contribution < 1.29 is 13.3 Å². The van der Waals surface area contributed by atoms with Crippen molar-refractivity contribution in [1.82, 2.24) is 0 Å². The Labute approximate surface area is 145 Å². The Balaban J connectivity index is 2.78. The van der Waals surface area contributed by atoms with Gasteiger partial charge in [-0.3, -0.25) is 0 Å². The van der Waals surface area contributed by atoms with E-state index in [4.69, 9.17) is 13.3 Å². The van der Waals surface area contributed by atoms with Crippen LogP contribution in [0.5, 0.6) is 0 Å². The molecule has 1 fully saturated rings. The van der Waals surface area contributed by atoms with Gasteiger partial charge < -0.3 is 13.3 Å². The summed E-state index contributed by atoms with van der Waals surface area (Å²) >= 11 is 0. The summed E-state index contributed by atoms with van der Waals surface area (Å²) in [6, 6.07) is 0. The summed E-state index contributed by atoms with van der Waals surface area (Å²) < 4.78 is 19.4. The maximum atomic E-state index is 6.45. The standard InChI is InChI=1S/C19H40O3Si/c1-4-7-16-20-23(21-17-8-5-2,22-18-9-6-3)19-14-12-10-11-13-15-19/h19H,4-18H2,1-3H3. The molecule has 3 nitrogen and oxygen atoms in total. The van der Waals surface area contributed by atoms with Crippen molar-refractivity contribution in [3.8, 4) is 0 Å². The average Bonchev–Trinajstić information content (AvgIpc) is 2.85. The van der Waals surface area contributed by atoms with E-state index < -0.39 is 8.80 Å². The Morgan fingerprint density at radius 3 is 1.39 bits per heavy atom. The van der Waals surface area contributed by atoms with Gasteiger partial charge in [0.1, 0.15) is 0 Å². The topological polar surface area (TPSA) is 27.7 Å². The molecule has 4 heteroatoms. The zero-order valence-electron chi connectivity index (χ0n) is 15.9. The second kappa shape index (κ2) is 13.4. The van der Waals surface area contributed by atoms with E-state index in [1.807, 2.05) is 0 Å². The molecule has 138 valence electrons. The molecule has 1 rings (SSSR count). The molecule has 0 radical (unpaired) electrons. The fraction of sp³-hybridized carbons (Fsp3) is 1.00. The van der Waals surface area contributed by atoms with Crippen LogP contribution in [0.25, 0.3) is 0 Å². The lowest BCUT2D eigenvalue weighted by Gasteiger charge is -2.36. The minimum absolute atomic E-state index is 0.524. The van der Waals surface area contributed by atoms with Crippen LogP contribution in [0.2, 0.25) is 5.54 Å². The van der Waals surface area contributed by atoms with Gasteiger partial charge in [0.25, 0.3) is 0 Å². The molecule has 0 bridgehead atoms.